The van der Waals surface area contributed by atoms with Crippen molar-refractivity contribution in [3.63, 3.8) is 0 Å². The number of benzene rings is 1. The van der Waals surface area contributed by atoms with Gasteiger partial charge >= 0.3 is 0 Å². The van der Waals surface area contributed by atoms with E-state index in [1.807, 2.05) is 19.9 Å². The molecule has 0 heterocycles. The fourth-order valence-electron chi connectivity index (χ4n) is 2.78. The molecule has 2 rings (SSSR count). The van der Waals surface area contributed by atoms with Gasteiger partial charge in [-0.25, -0.2) is 8.42 Å². The van der Waals surface area contributed by atoms with E-state index in [0.717, 1.165) is 19.0 Å². The number of guanidine groups is 1. The molecule has 0 radical (unpaired) electrons. The predicted molar refractivity (Wildman–Crippen MR) is 100 cm³/mol. The quantitative estimate of drug-likeness (QED) is 0.556. The molecule has 0 spiro atoms. The Kier molecular flexibility index (Phi) is 6.66. The SMILES string of the molecule is CCNC(=NCC1CC1c1ccccc1)NC(C)CCS(C)(=O)=O. The van der Waals surface area contributed by atoms with E-state index >= 15 is 0 Å². The van der Waals surface area contributed by atoms with E-state index < -0.39 is 9.84 Å². The van der Waals surface area contributed by atoms with E-state index in [1.54, 1.807) is 0 Å². The average Bonchev–Trinajstić information content (AvgIpc) is 3.31. The summed E-state index contributed by atoms with van der Waals surface area (Å²) < 4.78 is 22.5. The number of nitrogens with one attached hydrogen (secondary N) is 2. The Morgan fingerprint density at radius 3 is 2.67 bits per heavy atom. The normalized spacial score (nSPS) is 22.0. The zero-order valence-corrected chi connectivity index (χ0v) is 15.6. The first-order chi connectivity index (χ1) is 11.4. The molecule has 0 aliphatic heterocycles. The van der Waals surface area contributed by atoms with Crippen molar-refractivity contribution >= 4 is 15.8 Å². The molecule has 1 aromatic carbocycles. The number of aliphatic imine (C=N–C) groups is 1. The van der Waals surface area contributed by atoms with Gasteiger partial charge in [-0.1, -0.05) is 30.3 Å². The lowest BCUT2D eigenvalue weighted by Gasteiger charge is -2.17. The number of rotatable bonds is 8. The summed E-state index contributed by atoms with van der Waals surface area (Å²) in [5, 5.41) is 6.54. The summed E-state index contributed by atoms with van der Waals surface area (Å²) >= 11 is 0. The molecule has 1 fully saturated rings. The van der Waals surface area contributed by atoms with Crippen molar-refractivity contribution in [3.05, 3.63) is 35.9 Å². The largest absolute Gasteiger partial charge is 0.357 e. The topological polar surface area (TPSA) is 70.6 Å². The maximum atomic E-state index is 11.3. The van der Waals surface area contributed by atoms with Crippen LogP contribution in [0.15, 0.2) is 35.3 Å². The van der Waals surface area contributed by atoms with Crippen LogP contribution in [-0.4, -0.2) is 45.5 Å². The Hall–Kier alpha value is -1.56. The van der Waals surface area contributed by atoms with Crippen LogP contribution in [0, 0.1) is 5.92 Å². The summed E-state index contributed by atoms with van der Waals surface area (Å²) in [6, 6.07) is 10.7. The highest BCUT2D eigenvalue weighted by molar-refractivity contribution is 7.90. The second-order valence-corrected chi connectivity index (χ2v) is 8.96. The molecule has 3 unspecified atom stereocenters. The van der Waals surface area contributed by atoms with E-state index in [0.29, 0.717) is 18.3 Å². The molecular weight excluding hydrogens is 322 g/mol. The van der Waals surface area contributed by atoms with Crippen LogP contribution in [0.1, 0.15) is 38.2 Å². The molecule has 134 valence electrons. The first kappa shape index (κ1) is 18.8. The van der Waals surface area contributed by atoms with Crippen molar-refractivity contribution in [1.29, 1.82) is 0 Å². The van der Waals surface area contributed by atoms with Crippen LogP contribution >= 0.6 is 0 Å². The molecular formula is C18H29N3O2S. The molecule has 3 atom stereocenters. The summed E-state index contributed by atoms with van der Waals surface area (Å²) in [6.45, 7) is 5.61. The zero-order valence-electron chi connectivity index (χ0n) is 14.8. The Balaban J connectivity index is 1.83. The third kappa shape index (κ3) is 6.51. The van der Waals surface area contributed by atoms with Gasteiger partial charge in [-0.05, 0) is 44.1 Å². The molecule has 2 N–H and O–H groups in total. The van der Waals surface area contributed by atoms with Gasteiger partial charge < -0.3 is 10.6 Å². The Labute approximate surface area is 145 Å². The van der Waals surface area contributed by atoms with Crippen LogP contribution in [-0.2, 0) is 9.84 Å². The highest BCUT2D eigenvalue weighted by Gasteiger charge is 2.37. The highest BCUT2D eigenvalue weighted by atomic mass is 32.2. The fraction of sp³-hybridized carbons (Fsp3) is 0.611. The molecule has 0 saturated heterocycles. The van der Waals surface area contributed by atoms with Gasteiger partial charge in [0.05, 0.1) is 5.75 Å². The molecule has 0 aromatic heterocycles. The molecule has 1 aliphatic carbocycles. The van der Waals surface area contributed by atoms with Crippen LogP contribution in [0.2, 0.25) is 0 Å². The van der Waals surface area contributed by atoms with Gasteiger partial charge in [-0.3, -0.25) is 4.99 Å². The Morgan fingerprint density at radius 2 is 2.04 bits per heavy atom. The van der Waals surface area contributed by atoms with Gasteiger partial charge in [0.2, 0.25) is 0 Å². The number of hydrogen-bond donors (Lipinski definition) is 2. The van der Waals surface area contributed by atoms with Gasteiger partial charge in [0, 0.05) is 25.4 Å². The van der Waals surface area contributed by atoms with Crippen LogP contribution in [0.25, 0.3) is 0 Å². The van der Waals surface area contributed by atoms with E-state index in [1.165, 1.54) is 18.2 Å². The molecule has 0 bridgehead atoms. The summed E-state index contributed by atoms with van der Waals surface area (Å²) in [5.74, 6) is 2.20. The number of sulfone groups is 1. The number of nitrogens with zero attached hydrogens (tertiary/aromatic N) is 1. The van der Waals surface area contributed by atoms with Gasteiger partial charge in [0.1, 0.15) is 9.84 Å². The molecule has 6 heteroatoms. The lowest BCUT2D eigenvalue weighted by molar-refractivity contribution is 0.581. The van der Waals surface area contributed by atoms with Crippen molar-refractivity contribution in [3.8, 4) is 0 Å². The van der Waals surface area contributed by atoms with Gasteiger partial charge in [0.15, 0.2) is 5.96 Å². The van der Waals surface area contributed by atoms with Gasteiger partial charge in [-0.2, -0.15) is 0 Å². The van der Waals surface area contributed by atoms with E-state index in [9.17, 15) is 8.42 Å². The van der Waals surface area contributed by atoms with Crippen molar-refractivity contribution in [2.24, 2.45) is 10.9 Å². The van der Waals surface area contributed by atoms with E-state index in [-0.39, 0.29) is 11.8 Å². The fourth-order valence-corrected chi connectivity index (χ4v) is 3.56. The first-order valence-electron chi connectivity index (χ1n) is 8.66. The second kappa shape index (κ2) is 8.51. The minimum absolute atomic E-state index is 0.0710. The average molecular weight is 352 g/mol. The highest BCUT2D eigenvalue weighted by Crippen LogP contribution is 2.47. The minimum atomic E-state index is -2.92. The second-order valence-electron chi connectivity index (χ2n) is 6.70. The Morgan fingerprint density at radius 1 is 1.33 bits per heavy atom. The zero-order chi connectivity index (χ0) is 17.6. The summed E-state index contributed by atoms with van der Waals surface area (Å²) in [4.78, 5) is 4.68. The van der Waals surface area contributed by atoms with Crippen molar-refractivity contribution in [1.82, 2.24) is 10.6 Å². The molecule has 0 amide bonds. The lowest BCUT2D eigenvalue weighted by atomic mass is 10.1. The first-order valence-corrected chi connectivity index (χ1v) is 10.7. The summed E-state index contributed by atoms with van der Waals surface area (Å²) in [5.41, 5.74) is 1.40. The maximum Gasteiger partial charge on any atom is 0.191 e. The van der Waals surface area contributed by atoms with Crippen molar-refractivity contribution in [2.75, 3.05) is 25.1 Å². The van der Waals surface area contributed by atoms with Crippen LogP contribution in [0.3, 0.4) is 0 Å². The monoisotopic (exact) mass is 351 g/mol. The smallest absolute Gasteiger partial charge is 0.191 e. The molecule has 1 saturated carbocycles. The third-order valence-electron chi connectivity index (χ3n) is 4.28. The van der Waals surface area contributed by atoms with Crippen molar-refractivity contribution in [2.45, 2.75) is 38.6 Å². The summed E-state index contributed by atoms with van der Waals surface area (Å²) in [7, 11) is -2.92. The van der Waals surface area contributed by atoms with Crippen LogP contribution < -0.4 is 10.6 Å². The minimum Gasteiger partial charge on any atom is -0.357 e. The van der Waals surface area contributed by atoms with E-state index in [4.69, 9.17) is 0 Å². The van der Waals surface area contributed by atoms with Crippen LogP contribution in [0.5, 0.6) is 0 Å². The summed E-state index contributed by atoms with van der Waals surface area (Å²) in [6.07, 6.45) is 3.05. The molecule has 1 aromatic rings. The predicted octanol–water partition coefficient (Wildman–Crippen LogP) is 2.17. The van der Waals surface area contributed by atoms with Crippen molar-refractivity contribution < 1.29 is 8.42 Å². The molecule has 1 aliphatic rings. The Bertz CT molecular complexity index is 643. The number of hydrogen-bond acceptors (Lipinski definition) is 3. The van der Waals surface area contributed by atoms with Crippen LogP contribution in [0.4, 0.5) is 0 Å². The van der Waals surface area contributed by atoms with Gasteiger partial charge in [-0.15, -0.1) is 0 Å². The molecule has 24 heavy (non-hydrogen) atoms. The third-order valence-corrected chi connectivity index (χ3v) is 5.26. The maximum absolute atomic E-state index is 11.3. The molecule has 5 nitrogen and oxygen atoms in total. The lowest BCUT2D eigenvalue weighted by Crippen LogP contribution is -2.43. The standard InChI is InChI=1S/C18H29N3O2S/c1-4-19-18(21-14(2)10-11-24(3,22)23)20-13-16-12-17(16)15-8-6-5-7-9-15/h5-9,14,16-17H,4,10-13H2,1-3H3,(H2,19,20,21). The van der Waals surface area contributed by atoms with Gasteiger partial charge in [0.25, 0.3) is 0 Å². The van der Waals surface area contributed by atoms with E-state index in [2.05, 4.69) is 39.9 Å².